The number of hydrogen-bond donors (Lipinski definition) is 0. The van der Waals surface area contributed by atoms with Crippen molar-refractivity contribution in [1.29, 1.82) is 5.26 Å². The number of aliphatic imine (C=N–C) groups is 1. The van der Waals surface area contributed by atoms with E-state index in [-0.39, 0.29) is 5.41 Å². The van der Waals surface area contributed by atoms with Crippen molar-refractivity contribution in [3.63, 3.8) is 0 Å². The Morgan fingerprint density at radius 2 is 2.00 bits per heavy atom. The highest BCUT2D eigenvalue weighted by atomic mass is 16.1. The van der Waals surface area contributed by atoms with Gasteiger partial charge < -0.3 is 0 Å². The molecule has 1 aliphatic rings. The lowest BCUT2D eigenvalue weighted by molar-refractivity contribution is 0.185. The Kier molecular flexibility index (Phi) is 4.35. The van der Waals surface area contributed by atoms with Gasteiger partial charge in [0.25, 0.3) is 0 Å². The van der Waals surface area contributed by atoms with Gasteiger partial charge in [-0.15, -0.1) is 0 Å². The van der Waals surface area contributed by atoms with Gasteiger partial charge in [-0.3, -0.25) is 0 Å². The van der Waals surface area contributed by atoms with Crippen LogP contribution in [0.3, 0.4) is 0 Å². The number of carbonyl (C=O) groups excluding carboxylic acids is 1. The first-order valence-corrected chi connectivity index (χ1v) is 5.24. The largest absolute Gasteiger partial charge is 0.234 e. The van der Waals surface area contributed by atoms with Gasteiger partial charge in [-0.2, -0.15) is 5.26 Å². The molecule has 0 aliphatic heterocycles. The van der Waals surface area contributed by atoms with Crippen molar-refractivity contribution < 1.29 is 4.79 Å². The van der Waals surface area contributed by atoms with Crippen molar-refractivity contribution in [2.45, 2.75) is 44.9 Å². The van der Waals surface area contributed by atoms with Gasteiger partial charge in [-0.05, 0) is 24.7 Å². The molecule has 0 aromatic carbocycles. The molecule has 0 amide bonds. The molecule has 0 bridgehead atoms. The van der Waals surface area contributed by atoms with Crippen LogP contribution in [-0.2, 0) is 4.79 Å². The fourth-order valence-electron chi connectivity index (χ4n) is 2.31. The van der Waals surface area contributed by atoms with Crippen LogP contribution < -0.4 is 0 Å². The van der Waals surface area contributed by atoms with E-state index >= 15 is 0 Å². The first-order valence-electron chi connectivity index (χ1n) is 5.24. The van der Waals surface area contributed by atoms with E-state index in [1.165, 1.54) is 19.3 Å². The molecule has 0 saturated heterocycles. The van der Waals surface area contributed by atoms with Crippen LogP contribution >= 0.6 is 0 Å². The van der Waals surface area contributed by atoms with E-state index in [1.54, 1.807) is 6.08 Å². The fraction of sp³-hybridized carbons (Fsp3) is 0.818. The zero-order valence-corrected chi connectivity index (χ0v) is 8.46. The highest BCUT2D eigenvalue weighted by Gasteiger charge is 2.31. The van der Waals surface area contributed by atoms with Crippen LogP contribution in [0.15, 0.2) is 4.99 Å². The molecule has 3 heteroatoms. The minimum atomic E-state index is 0.130. The zero-order chi connectivity index (χ0) is 10.3. The third-order valence-corrected chi connectivity index (χ3v) is 3.16. The lowest BCUT2D eigenvalue weighted by atomic mass is 9.71. The van der Waals surface area contributed by atoms with E-state index in [2.05, 4.69) is 11.1 Å². The van der Waals surface area contributed by atoms with Crippen molar-refractivity contribution in [3.8, 4) is 6.07 Å². The summed E-state index contributed by atoms with van der Waals surface area (Å²) >= 11 is 0. The van der Waals surface area contributed by atoms with Crippen LogP contribution in [0.2, 0.25) is 0 Å². The highest BCUT2D eigenvalue weighted by Crippen LogP contribution is 2.40. The van der Waals surface area contributed by atoms with E-state index in [4.69, 9.17) is 5.26 Å². The maximum atomic E-state index is 10.1. The topological polar surface area (TPSA) is 53.2 Å². The Bertz CT molecular complexity index is 255. The highest BCUT2D eigenvalue weighted by molar-refractivity contribution is 5.33. The molecule has 0 heterocycles. The summed E-state index contributed by atoms with van der Waals surface area (Å²) in [5.74, 6) is 0. The lowest BCUT2D eigenvalue weighted by Gasteiger charge is -2.35. The molecular weight excluding hydrogens is 176 g/mol. The smallest absolute Gasteiger partial charge is 0.211 e. The van der Waals surface area contributed by atoms with E-state index < -0.39 is 0 Å². The SMILES string of the molecule is N#CCCC1(CN=C=O)CCCCC1. The third kappa shape index (κ3) is 2.97. The summed E-state index contributed by atoms with van der Waals surface area (Å²) in [5, 5.41) is 8.58. The summed E-state index contributed by atoms with van der Waals surface area (Å²) < 4.78 is 0. The Hall–Kier alpha value is -1.13. The van der Waals surface area contributed by atoms with E-state index in [0.29, 0.717) is 13.0 Å². The summed E-state index contributed by atoms with van der Waals surface area (Å²) in [7, 11) is 0. The first kappa shape index (κ1) is 10.9. The lowest BCUT2D eigenvalue weighted by Crippen LogP contribution is -2.27. The van der Waals surface area contributed by atoms with Crippen LogP contribution in [0.25, 0.3) is 0 Å². The van der Waals surface area contributed by atoms with Crippen molar-refractivity contribution in [3.05, 3.63) is 0 Å². The van der Waals surface area contributed by atoms with Crippen LogP contribution in [0.5, 0.6) is 0 Å². The Morgan fingerprint density at radius 1 is 1.29 bits per heavy atom. The molecule has 1 saturated carbocycles. The molecule has 3 nitrogen and oxygen atoms in total. The first-order chi connectivity index (χ1) is 6.83. The Balaban J connectivity index is 2.57. The summed E-state index contributed by atoms with van der Waals surface area (Å²) in [5.41, 5.74) is 0.130. The second-order valence-corrected chi connectivity index (χ2v) is 4.13. The number of hydrogen-bond acceptors (Lipinski definition) is 3. The van der Waals surface area contributed by atoms with Crippen molar-refractivity contribution in [1.82, 2.24) is 0 Å². The van der Waals surface area contributed by atoms with E-state index in [9.17, 15) is 4.79 Å². The second kappa shape index (κ2) is 5.57. The quantitative estimate of drug-likeness (QED) is 0.507. The normalized spacial score (nSPS) is 19.4. The van der Waals surface area contributed by atoms with Crippen molar-refractivity contribution in [2.24, 2.45) is 10.4 Å². The number of isocyanates is 1. The van der Waals surface area contributed by atoms with Gasteiger partial charge >= 0.3 is 0 Å². The molecule has 0 radical (unpaired) electrons. The van der Waals surface area contributed by atoms with Crippen LogP contribution in [0.1, 0.15) is 44.9 Å². The minimum Gasteiger partial charge on any atom is -0.211 e. The molecule has 0 aromatic rings. The van der Waals surface area contributed by atoms with Crippen LogP contribution in [0.4, 0.5) is 0 Å². The van der Waals surface area contributed by atoms with Crippen LogP contribution in [-0.4, -0.2) is 12.6 Å². The van der Waals surface area contributed by atoms with Gasteiger partial charge in [0.1, 0.15) is 0 Å². The van der Waals surface area contributed by atoms with E-state index in [0.717, 1.165) is 19.3 Å². The second-order valence-electron chi connectivity index (χ2n) is 4.13. The molecule has 14 heavy (non-hydrogen) atoms. The predicted molar refractivity (Wildman–Crippen MR) is 53.4 cm³/mol. The molecule has 1 aliphatic carbocycles. The number of nitrogens with zero attached hydrogens (tertiary/aromatic N) is 2. The van der Waals surface area contributed by atoms with Crippen LogP contribution in [0, 0.1) is 16.7 Å². The molecule has 0 spiro atoms. The molecule has 1 fully saturated rings. The molecule has 0 aromatic heterocycles. The van der Waals surface area contributed by atoms with Gasteiger partial charge in [-0.25, -0.2) is 9.79 Å². The maximum absolute atomic E-state index is 10.1. The summed E-state index contributed by atoms with van der Waals surface area (Å²) in [6, 6.07) is 2.18. The predicted octanol–water partition coefficient (Wildman–Crippen LogP) is 2.58. The number of rotatable bonds is 4. The monoisotopic (exact) mass is 192 g/mol. The van der Waals surface area contributed by atoms with Crippen molar-refractivity contribution >= 4 is 6.08 Å². The Labute approximate surface area is 84.8 Å². The average molecular weight is 192 g/mol. The molecule has 1 rings (SSSR count). The van der Waals surface area contributed by atoms with Crippen molar-refractivity contribution in [2.75, 3.05) is 6.54 Å². The summed E-state index contributed by atoms with van der Waals surface area (Å²) in [4.78, 5) is 13.8. The van der Waals surface area contributed by atoms with Gasteiger partial charge in [-0.1, -0.05) is 19.3 Å². The molecular formula is C11H16N2O. The average Bonchev–Trinajstić information content (AvgIpc) is 2.25. The Morgan fingerprint density at radius 3 is 2.57 bits per heavy atom. The standard InChI is InChI=1S/C11H16N2O/c12-8-4-7-11(9-13-10-14)5-2-1-3-6-11/h1-7,9H2. The minimum absolute atomic E-state index is 0.130. The summed E-state index contributed by atoms with van der Waals surface area (Å²) in [6.45, 7) is 0.568. The molecule has 76 valence electrons. The van der Waals surface area contributed by atoms with Gasteiger partial charge in [0.2, 0.25) is 6.08 Å². The molecule has 0 unspecified atom stereocenters. The van der Waals surface area contributed by atoms with E-state index in [1.807, 2.05) is 0 Å². The zero-order valence-electron chi connectivity index (χ0n) is 8.46. The van der Waals surface area contributed by atoms with Gasteiger partial charge in [0.05, 0.1) is 12.6 Å². The fourth-order valence-corrected chi connectivity index (χ4v) is 2.31. The maximum Gasteiger partial charge on any atom is 0.234 e. The summed E-state index contributed by atoms with van der Waals surface area (Å²) in [6.07, 6.45) is 8.98. The molecule has 0 N–H and O–H groups in total. The van der Waals surface area contributed by atoms with Gasteiger partial charge in [0.15, 0.2) is 0 Å². The third-order valence-electron chi connectivity index (χ3n) is 3.16. The number of nitriles is 1. The van der Waals surface area contributed by atoms with Gasteiger partial charge in [0, 0.05) is 6.42 Å². The molecule has 0 atom stereocenters.